The van der Waals surface area contributed by atoms with E-state index in [-0.39, 0.29) is 11.4 Å². The van der Waals surface area contributed by atoms with Gasteiger partial charge in [-0.05, 0) is 31.6 Å². The first kappa shape index (κ1) is 13.9. The van der Waals surface area contributed by atoms with Crippen LogP contribution in [0.2, 0.25) is 0 Å². The zero-order valence-electron chi connectivity index (χ0n) is 11.5. The molecule has 0 unspecified atom stereocenters. The lowest BCUT2D eigenvalue weighted by atomic mass is 9.80. The zero-order chi connectivity index (χ0) is 12.8. The van der Waals surface area contributed by atoms with Crippen molar-refractivity contribution in [2.24, 2.45) is 11.7 Å². The van der Waals surface area contributed by atoms with Crippen LogP contribution < -0.4 is 11.1 Å². The van der Waals surface area contributed by atoms with Gasteiger partial charge < -0.3 is 11.1 Å². The summed E-state index contributed by atoms with van der Waals surface area (Å²) in [6, 6.07) is 0. The number of nitrogens with two attached hydrogens (primary N) is 1. The van der Waals surface area contributed by atoms with E-state index in [1.54, 1.807) is 0 Å². The molecule has 0 aromatic heterocycles. The van der Waals surface area contributed by atoms with Gasteiger partial charge in [0, 0.05) is 18.5 Å². The lowest BCUT2D eigenvalue weighted by Gasteiger charge is -2.33. The molecule has 2 fully saturated rings. The van der Waals surface area contributed by atoms with Gasteiger partial charge in [-0.15, -0.1) is 0 Å². The minimum atomic E-state index is -0.213. The van der Waals surface area contributed by atoms with Gasteiger partial charge in [0.05, 0.1) is 0 Å². The molecule has 3 heteroatoms. The second kappa shape index (κ2) is 6.55. The third-order valence-electron chi connectivity index (χ3n) is 4.67. The smallest absolute Gasteiger partial charge is 0.221 e. The van der Waals surface area contributed by atoms with Crippen LogP contribution >= 0.6 is 0 Å². The molecular weight excluding hydrogens is 224 g/mol. The van der Waals surface area contributed by atoms with Crippen LogP contribution in [-0.4, -0.2) is 18.0 Å². The first-order valence-corrected chi connectivity index (χ1v) is 7.74. The number of amides is 1. The summed E-state index contributed by atoms with van der Waals surface area (Å²) in [5.41, 5.74) is 6.09. The summed E-state index contributed by atoms with van der Waals surface area (Å²) in [4.78, 5) is 12.0. The molecule has 0 heterocycles. The molecule has 0 saturated heterocycles. The first-order valence-electron chi connectivity index (χ1n) is 7.74. The molecule has 3 N–H and O–H groups in total. The van der Waals surface area contributed by atoms with E-state index in [2.05, 4.69) is 5.32 Å². The van der Waals surface area contributed by atoms with Gasteiger partial charge in [0.25, 0.3) is 0 Å². The highest BCUT2D eigenvalue weighted by Crippen LogP contribution is 2.28. The second-order valence-corrected chi connectivity index (χ2v) is 6.41. The molecule has 0 aliphatic heterocycles. The van der Waals surface area contributed by atoms with Crippen molar-refractivity contribution in [3.63, 3.8) is 0 Å². The third-order valence-corrected chi connectivity index (χ3v) is 4.67. The Morgan fingerprint density at radius 2 is 1.67 bits per heavy atom. The molecule has 1 amide bonds. The number of carbonyl (C=O) groups is 1. The van der Waals surface area contributed by atoms with Crippen molar-refractivity contribution in [1.82, 2.24) is 5.32 Å². The molecule has 3 nitrogen and oxygen atoms in total. The van der Waals surface area contributed by atoms with Gasteiger partial charge >= 0.3 is 0 Å². The van der Waals surface area contributed by atoms with Gasteiger partial charge in [0.2, 0.25) is 5.91 Å². The maximum absolute atomic E-state index is 12.0. The van der Waals surface area contributed by atoms with Gasteiger partial charge in [0.15, 0.2) is 0 Å². The SMILES string of the molecule is NC1(CC(=O)NCC2CCCCC2)CCCCC1. The fourth-order valence-electron chi connectivity index (χ4n) is 3.46. The zero-order valence-corrected chi connectivity index (χ0v) is 11.5. The van der Waals surface area contributed by atoms with Gasteiger partial charge in [-0.25, -0.2) is 0 Å². The number of hydrogen-bond donors (Lipinski definition) is 2. The van der Waals surface area contributed by atoms with E-state index >= 15 is 0 Å². The highest BCUT2D eigenvalue weighted by atomic mass is 16.1. The quantitative estimate of drug-likeness (QED) is 0.808. The van der Waals surface area contributed by atoms with Crippen molar-refractivity contribution in [2.75, 3.05) is 6.54 Å². The van der Waals surface area contributed by atoms with Gasteiger partial charge in [0.1, 0.15) is 0 Å². The van der Waals surface area contributed by atoms with Gasteiger partial charge in [-0.2, -0.15) is 0 Å². The summed E-state index contributed by atoms with van der Waals surface area (Å²) in [5.74, 6) is 0.882. The summed E-state index contributed by atoms with van der Waals surface area (Å²) >= 11 is 0. The largest absolute Gasteiger partial charge is 0.356 e. The maximum atomic E-state index is 12.0. The lowest BCUT2D eigenvalue weighted by Crippen LogP contribution is -2.46. The standard InChI is InChI=1S/C15H28N2O/c16-15(9-5-2-6-10-15)11-14(18)17-12-13-7-3-1-4-8-13/h13H,1-12,16H2,(H,17,18). The van der Waals surface area contributed by atoms with E-state index in [9.17, 15) is 4.79 Å². The van der Waals surface area contributed by atoms with Gasteiger partial charge in [-0.1, -0.05) is 38.5 Å². The van der Waals surface area contributed by atoms with E-state index in [4.69, 9.17) is 5.73 Å². The van der Waals surface area contributed by atoms with Crippen LogP contribution in [0.15, 0.2) is 0 Å². The molecule has 0 aromatic carbocycles. The summed E-state index contributed by atoms with van der Waals surface area (Å²) in [6.07, 6.45) is 12.8. The highest BCUT2D eigenvalue weighted by molar-refractivity contribution is 5.77. The molecule has 2 aliphatic carbocycles. The number of rotatable bonds is 4. The minimum Gasteiger partial charge on any atom is -0.356 e. The van der Waals surface area contributed by atoms with Crippen molar-refractivity contribution in [1.29, 1.82) is 0 Å². The summed E-state index contributed by atoms with van der Waals surface area (Å²) in [6.45, 7) is 0.870. The number of hydrogen-bond acceptors (Lipinski definition) is 2. The molecule has 2 saturated carbocycles. The van der Waals surface area contributed by atoms with Crippen LogP contribution in [0.3, 0.4) is 0 Å². The van der Waals surface area contributed by atoms with Gasteiger partial charge in [-0.3, -0.25) is 4.79 Å². The molecule has 0 atom stereocenters. The van der Waals surface area contributed by atoms with Crippen molar-refractivity contribution in [3.05, 3.63) is 0 Å². The Morgan fingerprint density at radius 3 is 2.33 bits per heavy atom. The maximum Gasteiger partial charge on any atom is 0.221 e. The average molecular weight is 252 g/mol. The van der Waals surface area contributed by atoms with Crippen LogP contribution in [0, 0.1) is 5.92 Å². The van der Waals surface area contributed by atoms with E-state index in [1.165, 1.54) is 51.4 Å². The highest BCUT2D eigenvalue weighted by Gasteiger charge is 2.30. The van der Waals surface area contributed by atoms with E-state index in [1.807, 2.05) is 0 Å². The van der Waals surface area contributed by atoms with E-state index in [0.29, 0.717) is 12.3 Å². The van der Waals surface area contributed by atoms with Crippen LogP contribution in [-0.2, 0) is 4.79 Å². The minimum absolute atomic E-state index is 0.171. The second-order valence-electron chi connectivity index (χ2n) is 6.41. The molecule has 0 aromatic rings. The van der Waals surface area contributed by atoms with Crippen LogP contribution in [0.5, 0.6) is 0 Å². The molecular formula is C15H28N2O. The lowest BCUT2D eigenvalue weighted by molar-refractivity contribution is -0.122. The topological polar surface area (TPSA) is 55.1 Å². The molecule has 0 spiro atoms. The normalized spacial score (nSPS) is 24.7. The molecule has 2 aliphatic rings. The first-order chi connectivity index (χ1) is 8.68. The van der Waals surface area contributed by atoms with Crippen LogP contribution in [0.4, 0.5) is 0 Å². The fraction of sp³-hybridized carbons (Fsp3) is 0.933. The Bertz CT molecular complexity index is 266. The fourth-order valence-corrected chi connectivity index (χ4v) is 3.46. The Labute approximate surface area is 111 Å². The van der Waals surface area contributed by atoms with Crippen molar-refractivity contribution in [3.8, 4) is 0 Å². The van der Waals surface area contributed by atoms with Crippen LogP contribution in [0.1, 0.15) is 70.6 Å². The Hall–Kier alpha value is -0.570. The Morgan fingerprint density at radius 1 is 1.06 bits per heavy atom. The summed E-state index contributed by atoms with van der Waals surface area (Å²) in [7, 11) is 0. The molecule has 0 bridgehead atoms. The summed E-state index contributed by atoms with van der Waals surface area (Å²) in [5, 5.41) is 3.11. The predicted molar refractivity (Wildman–Crippen MR) is 74.2 cm³/mol. The van der Waals surface area contributed by atoms with E-state index in [0.717, 1.165) is 19.4 Å². The van der Waals surface area contributed by atoms with Crippen molar-refractivity contribution < 1.29 is 4.79 Å². The predicted octanol–water partition coefficient (Wildman–Crippen LogP) is 2.73. The van der Waals surface area contributed by atoms with Crippen molar-refractivity contribution in [2.45, 2.75) is 76.2 Å². The Balaban J connectivity index is 1.67. The summed E-state index contributed by atoms with van der Waals surface area (Å²) < 4.78 is 0. The molecule has 0 radical (unpaired) electrons. The number of nitrogens with one attached hydrogen (secondary N) is 1. The molecule has 2 rings (SSSR count). The molecule has 18 heavy (non-hydrogen) atoms. The average Bonchev–Trinajstić information content (AvgIpc) is 2.38. The van der Waals surface area contributed by atoms with Crippen molar-refractivity contribution >= 4 is 5.91 Å². The molecule has 104 valence electrons. The third kappa shape index (κ3) is 4.27. The van der Waals surface area contributed by atoms with Crippen LogP contribution in [0.25, 0.3) is 0 Å². The monoisotopic (exact) mass is 252 g/mol. The number of carbonyl (C=O) groups excluding carboxylic acids is 1. The van der Waals surface area contributed by atoms with E-state index < -0.39 is 0 Å². The Kier molecular flexibility index (Phi) is 5.04.